The van der Waals surface area contributed by atoms with E-state index >= 15 is 0 Å². The Bertz CT molecular complexity index is 827. The third-order valence-electron chi connectivity index (χ3n) is 5.38. The van der Waals surface area contributed by atoms with Gasteiger partial charge in [-0.05, 0) is 69.3 Å². The van der Waals surface area contributed by atoms with Gasteiger partial charge in [-0.1, -0.05) is 44.2 Å². The number of anilines is 1. The quantitative estimate of drug-likeness (QED) is 0.694. The summed E-state index contributed by atoms with van der Waals surface area (Å²) >= 11 is 1.93. The lowest BCUT2D eigenvalue weighted by Crippen LogP contribution is -2.21. The monoisotopic (exact) mass is 368 g/mol. The maximum Gasteiger partial charge on any atom is 0.0962 e. The number of nitrogens with zero attached hydrogens (tertiary/aromatic N) is 1. The van der Waals surface area contributed by atoms with Crippen molar-refractivity contribution in [2.45, 2.75) is 53.5 Å². The topological polar surface area (TPSA) is 15.3 Å². The fraction of sp³-hybridized carbons (Fsp3) is 0.478. The Kier molecular flexibility index (Phi) is 5.32. The molecule has 0 atom stereocenters. The smallest absolute Gasteiger partial charge is 0.0962 e. The molecule has 0 bridgehead atoms. The second kappa shape index (κ2) is 7.21. The van der Waals surface area contributed by atoms with Crippen LogP contribution in [0.15, 0.2) is 24.8 Å². The van der Waals surface area contributed by atoms with Gasteiger partial charge in [0.2, 0.25) is 0 Å². The van der Waals surface area contributed by atoms with Crippen molar-refractivity contribution in [2.24, 2.45) is 5.41 Å². The molecule has 0 saturated heterocycles. The van der Waals surface area contributed by atoms with Crippen LogP contribution in [0.25, 0.3) is 5.70 Å². The Labute approximate surface area is 162 Å². The molecule has 1 N–H and O–H groups in total. The Morgan fingerprint density at radius 2 is 2.00 bits per heavy atom. The molecule has 0 fully saturated rings. The molecule has 1 aliphatic rings. The van der Waals surface area contributed by atoms with Gasteiger partial charge in [0.25, 0.3) is 0 Å². The molecule has 1 aromatic carbocycles. The van der Waals surface area contributed by atoms with Crippen LogP contribution in [0.2, 0.25) is 0 Å². The van der Waals surface area contributed by atoms with E-state index in [-0.39, 0.29) is 0 Å². The molecule has 0 radical (unpaired) electrons. The average Bonchev–Trinajstić information content (AvgIpc) is 2.82. The Morgan fingerprint density at radius 3 is 2.69 bits per heavy atom. The predicted molar refractivity (Wildman–Crippen MR) is 116 cm³/mol. The van der Waals surface area contributed by atoms with E-state index in [9.17, 15) is 0 Å². The number of aryl methyl sites for hydroxylation is 2. The summed E-state index contributed by atoms with van der Waals surface area (Å²) < 4.78 is 0. The molecule has 1 aromatic heterocycles. The molecule has 26 heavy (non-hydrogen) atoms. The lowest BCUT2D eigenvalue weighted by atomic mass is 9.76. The van der Waals surface area contributed by atoms with Gasteiger partial charge in [-0.3, -0.25) is 0 Å². The van der Waals surface area contributed by atoms with Crippen molar-refractivity contribution in [1.29, 1.82) is 0 Å². The van der Waals surface area contributed by atoms with Crippen molar-refractivity contribution in [3.8, 4) is 0 Å². The molecule has 0 unspecified atom stereocenters. The van der Waals surface area contributed by atoms with Crippen molar-refractivity contribution in [1.82, 2.24) is 4.90 Å². The van der Waals surface area contributed by atoms with Crippen LogP contribution in [-0.2, 0) is 19.4 Å². The molecule has 2 nitrogen and oxygen atoms in total. The van der Waals surface area contributed by atoms with Crippen molar-refractivity contribution < 1.29 is 0 Å². The minimum absolute atomic E-state index is 0.420. The number of rotatable bonds is 5. The summed E-state index contributed by atoms with van der Waals surface area (Å²) in [5.74, 6) is 0. The first kappa shape index (κ1) is 19.2. The first-order valence-electron chi connectivity index (χ1n) is 9.48. The summed E-state index contributed by atoms with van der Waals surface area (Å²) in [6, 6.07) is 6.66. The second-order valence-corrected chi connectivity index (χ2v) is 9.91. The molecule has 1 aliphatic carbocycles. The summed E-state index contributed by atoms with van der Waals surface area (Å²) in [4.78, 5) is 3.78. The predicted octanol–water partition coefficient (Wildman–Crippen LogP) is 6.02. The standard InChI is InChI=1S/C23H32N2S/c1-15-8-9-19(18(12-15)14-25(6)7)17(3)24-22-16(2)20-13-23(4,5)11-10-21(20)26-22/h8-9,12,24H,3,10-11,13-14H2,1-2,4-7H3. The minimum Gasteiger partial charge on any atom is -0.347 e. The van der Waals surface area contributed by atoms with Crippen LogP contribution in [0.1, 0.15) is 53.0 Å². The van der Waals surface area contributed by atoms with E-state index in [2.05, 4.69) is 76.8 Å². The van der Waals surface area contributed by atoms with Crippen LogP contribution >= 0.6 is 11.3 Å². The van der Waals surface area contributed by atoms with Crippen LogP contribution in [0.3, 0.4) is 0 Å². The molecule has 1 heterocycles. The molecular formula is C23H32N2S. The maximum absolute atomic E-state index is 4.37. The zero-order valence-electron chi connectivity index (χ0n) is 17.1. The molecule has 0 saturated carbocycles. The number of nitrogens with one attached hydrogen (secondary N) is 1. The van der Waals surface area contributed by atoms with Crippen molar-refractivity contribution in [3.63, 3.8) is 0 Å². The van der Waals surface area contributed by atoms with E-state index in [4.69, 9.17) is 0 Å². The minimum atomic E-state index is 0.420. The number of hydrogen-bond acceptors (Lipinski definition) is 3. The summed E-state index contributed by atoms with van der Waals surface area (Å²) in [5, 5.41) is 4.92. The van der Waals surface area contributed by atoms with Crippen molar-refractivity contribution in [2.75, 3.05) is 19.4 Å². The Balaban J connectivity index is 1.87. The molecule has 0 amide bonds. The zero-order valence-corrected chi connectivity index (χ0v) is 17.9. The average molecular weight is 369 g/mol. The van der Waals surface area contributed by atoms with E-state index < -0.39 is 0 Å². The van der Waals surface area contributed by atoms with Crippen LogP contribution in [0.5, 0.6) is 0 Å². The number of benzene rings is 1. The van der Waals surface area contributed by atoms with Gasteiger partial charge in [0.05, 0.1) is 5.00 Å². The van der Waals surface area contributed by atoms with Crippen molar-refractivity contribution in [3.05, 3.63) is 57.5 Å². The number of hydrogen-bond donors (Lipinski definition) is 1. The molecule has 140 valence electrons. The molecule has 2 aromatic rings. The van der Waals surface area contributed by atoms with Gasteiger partial charge in [0.15, 0.2) is 0 Å². The molecule has 3 rings (SSSR count). The van der Waals surface area contributed by atoms with Crippen LogP contribution in [0, 0.1) is 19.3 Å². The third kappa shape index (κ3) is 4.05. The third-order valence-corrected chi connectivity index (χ3v) is 6.69. The molecule has 0 aliphatic heterocycles. The van der Waals surface area contributed by atoms with Gasteiger partial charge in [0.1, 0.15) is 0 Å². The highest BCUT2D eigenvalue weighted by Crippen LogP contribution is 2.44. The molecule has 0 spiro atoms. The van der Waals surface area contributed by atoms with Crippen LogP contribution < -0.4 is 5.32 Å². The van der Waals surface area contributed by atoms with Gasteiger partial charge in [-0.2, -0.15) is 0 Å². The Morgan fingerprint density at radius 1 is 1.27 bits per heavy atom. The van der Waals surface area contributed by atoms with Gasteiger partial charge < -0.3 is 10.2 Å². The SMILES string of the molecule is C=C(Nc1sc2c(c1C)CC(C)(C)CC2)c1ccc(C)cc1CN(C)C. The zero-order chi connectivity index (χ0) is 19.1. The fourth-order valence-electron chi connectivity index (χ4n) is 3.87. The van der Waals surface area contributed by atoms with E-state index in [0.717, 1.165) is 12.2 Å². The molecular weight excluding hydrogens is 336 g/mol. The van der Waals surface area contributed by atoms with Gasteiger partial charge in [0, 0.05) is 22.7 Å². The van der Waals surface area contributed by atoms with E-state index in [1.54, 1.807) is 10.4 Å². The number of thiophene rings is 1. The molecule has 3 heteroatoms. The fourth-order valence-corrected chi connectivity index (χ4v) is 5.12. The maximum atomic E-state index is 4.37. The lowest BCUT2D eigenvalue weighted by molar-refractivity contribution is 0.317. The first-order valence-corrected chi connectivity index (χ1v) is 10.3. The highest BCUT2D eigenvalue weighted by molar-refractivity contribution is 7.16. The highest BCUT2D eigenvalue weighted by atomic mass is 32.1. The summed E-state index contributed by atoms with van der Waals surface area (Å²) in [7, 11) is 4.23. The Hall–Kier alpha value is -1.58. The normalized spacial score (nSPS) is 15.8. The van der Waals surface area contributed by atoms with E-state index in [1.807, 2.05) is 11.3 Å². The van der Waals surface area contributed by atoms with Crippen molar-refractivity contribution >= 4 is 22.0 Å². The van der Waals surface area contributed by atoms with E-state index in [0.29, 0.717) is 5.41 Å². The van der Waals surface area contributed by atoms with Crippen LogP contribution in [-0.4, -0.2) is 19.0 Å². The summed E-state index contributed by atoms with van der Waals surface area (Å²) in [6.07, 6.45) is 3.68. The second-order valence-electron chi connectivity index (χ2n) is 8.80. The summed E-state index contributed by atoms with van der Waals surface area (Å²) in [6.45, 7) is 14.5. The van der Waals surface area contributed by atoms with Crippen LogP contribution in [0.4, 0.5) is 5.00 Å². The first-order chi connectivity index (χ1) is 12.2. The summed E-state index contributed by atoms with van der Waals surface area (Å²) in [5.41, 5.74) is 8.25. The number of fused-ring (bicyclic) bond motifs is 1. The lowest BCUT2D eigenvalue weighted by Gasteiger charge is -2.29. The van der Waals surface area contributed by atoms with Gasteiger partial charge in [-0.15, -0.1) is 11.3 Å². The van der Waals surface area contributed by atoms with E-state index in [1.165, 1.54) is 46.5 Å². The highest BCUT2D eigenvalue weighted by Gasteiger charge is 2.29. The van der Waals surface area contributed by atoms with Gasteiger partial charge in [-0.25, -0.2) is 0 Å². The van der Waals surface area contributed by atoms with Gasteiger partial charge >= 0.3 is 0 Å². The largest absolute Gasteiger partial charge is 0.347 e.